The van der Waals surface area contributed by atoms with Gasteiger partial charge in [-0.2, -0.15) is 13.2 Å². The zero-order chi connectivity index (χ0) is 14.6. The largest absolute Gasteiger partial charge is 0.390 e. The van der Waals surface area contributed by atoms with E-state index in [4.69, 9.17) is 5.84 Å². The smallest absolute Gasteiger partial charge is 0.359 e. The molecule has 108 valence electrons. The van der Waals surface area contributed by atoms with Crippen molar-refractivity contribution in [2.24, 2.45) is 5.84 Å². The summed E-state index contributed by atoms with van der Waals surface area (Å²) in [6.45, 7) is 3.42. The highest BCUT2D eigenvalue weighted by atomic mass is 19.4. The van der Waals surface area contributed by atoms with Gasteiger partial charge in [0.1, 0.15) is 17.5 Å². The maximum Gasteiger partial charge on any atom is 0.390 e. The molecule has 8 heteroatoms. The van der Waals surface area contributed by atoms with Crippen LogP contribution >= 0.6 is 0 Å². The van der Waals surface area contributed by atoms with E-state index in [2.05, 4.69) is 15.4 Å². The molecule has 1 aromatic heterocycles. The first-order valence-corrected chi connectivity index (χ1v) is 5.90. The van der Waals surface area contributed by atoms with E-state index in [-0.39, 0.29) is 6.54 Å². The van der Waals surface area contributed by atoms with Gasteiger partial charge < -0.3 is 10.3 Å². The normalized spacial score (nSPS) is 11.5. The molecule has 0 aromatic carbocycles. The number of nitrogen functional groups attached to an aromatic ring is 1. The van der Waals surface area contributed by atoms with E-state index in [1.165, 1.54) is 4.90 Å². The van der Waals surface area contributed by atoms with Crippen LogP contribution in [0.15, 0.2) is 0 Å². The van der Waals surface area contributed by atoms with Crippen molar-refractivity contribution in [3.63, 3.8) is 0 Å². The summed E-state index contributed by atoms with van der Waals surface area (Å²) in [6, 6.07) is 0. The van der Waals surface area contributed by atoms with E-state index in [9.17, 15) is 13.2 Å². The van der Waals surface area contributed by atoms with Gasteiger partial charge in [0.2, 0.25) is 0 Å². The van der Waals surface area contributed by atoms with Crippen molar-refractivity contribution in [1.29, 1.82) is 0 Å². The molecule has 0 bridgehead atoms. The maximum atomic E-state index is 12.2. The maximum absolute atomic E-state index is 12.2. The Bertz CT molecular complexity index is 433. The number of hydrazine groups is 1. The molecule has 0 unspecified atom stereocenters. The number of aromatic nitrogens is 2. The molecule has 1 rings (SSSR count). The van der Waals surface area contributed by atoms with Crippen LogP contribution in [0.2, 0.25) is 0 Å². The number of hydrogen-bond donors (Lipinski definition) is 2. The van der Waals surface area contributed by atoms with Crippen LogP contribution in [0.25, 0.3) is 0 Å². The predicted octanol–water partition coefficient (Wildman–Crippen LogP) is 2.02. The molecule has 1 aromatic rings. The van der Waals surface area contributed by atoms with Crippen LogP contribution in [0.5, 0.6) is 0 Å². The highest BCUT2D eigenvalue weighted by molar-refractivity contribution is 5.57. The minimum Gasteiger partial charge on any atom is -0.359 e. The van der Waals surface area contributed by atoms with Crippen molar-refractivity contribution in [2.75, 3.05) is 23.9 Å². The molecule has 0 fully saturated rings. The number of rotatable bonds is 5. The highest BCUT2D eigenvalue weighted by Crippen LogP contribution is 2.25. The summed E-state index contributed by atoms with van der Waals surface area (Å²) in [5, 5.41) is 0. The van der Waals surface area contributed by atoms with Crippen molar-refractivity contribution in [3.8, 4) is 0 Å². The number of nitrogens with two attached hydrogens (primary N) is 1. The molecule has 0 aliphatic carbocycles. The van der Waals surface area contributed by atoms with Gasteiger partial charge in [-0.05, 0) is 6.92 Å². The zero-order valence-corrected chi connectivity index (χ0v) is 11.2. The molecule has 0 atom stereocenters. The molecule has 1 heterocycles. The van der Waals surface area contributed by atoms with Crippen molar-refractivity contribution in [1.82, 2.24) is 9.97 Å². The van der Waals surface area contributed by atoms with Crippen LogP contribution in [0.1, 0.15) is 24.7 Å². The Morgan fingerprint density at radius 3 is 2.42 bits per heavy atom. The predicted molar refractivity (Wildman–Crippen MR) is 67.9 cm³/mol. The first-order valence-electron chi connectivity index (χ1n) is 5.90. The number of hydrogen-bond acceptors (Lipinski definition) is 5. The van der Waals surface area contributed by atoms with Crippen LogP contribution in [0, 0.1) is 6.92 Å². The number of alkyl halides is 3. The third-order valence-corrected chi connectivity index (χ3v) is 2.71. The van der Waals surface area contributed by atoms with Crippen LogP contribution in [-0.2, 0) is 6.42 Å². The van der Waals surface area contributed by atoms with E-state index in [1.807, 2.05) is 6.92 Å². The van der Waals surface area contributed by atoms with Gasteiger partial charge >= 0.3 is 6.18 Å². The molecule has 3 N–H and O–H groups in total. The minimum atomic E-state index is -4.18. The van der Waals surface area contributed by atoms with Crippen LogP contribution < -0.4 is 16.2 Å². The Morgan fingerprint density at radius 1 is 1.32 bits per heavy atom. The SMILES string of the molecule is CCc1nc(NN)c(C)c(N(C)CCC(F)(F)F)n1. The van der Waals surface area contributed by atoms with Gasteiger partial charge in [-0.25, -0.2) is 15.8 Å². The quantitative estimate of drug-likeness (QED) is 0.636. The summed E-state index contributed by atoms with van der Waals surface area (Å²) in [5.74, 6) is 6.78. The van der Waals surface area contributed by atoms with Crippen molar-refractivity contribution >= 4 is 11.6 Å². The molecule has 0 radical (unpaired) electrons. The van der Waals surface area contributed by atoms with Gasteiger partial charge in [-0.15, -0.1) is 0 Å². The lowest BCUT2D eigenvalue weighted by molar-refractivity contribution is -0.132. The zero-order valence-electron chi connectivity index (χ0n) is 11.2. The molecular weight excluding hydrogens is 259 g/mol. The average molecular weight is 277 g/mol. The standard InChI is InChI=1S/C11H18F3N5/c1-4-8-16-9(18-15)7(2)10(17-8)19(3)6-5-11(12,13)14/h4-6,15H2,1-3H3,(H,16,17,18). The topological polar surface area (TPSA) is 67.1 Å². The Balaban J connectivity index is 2.98. The lowest BCUT2D eigenvalue weighted by Gasteiger charge is -2.22. The van der Waals surface area contributed by atoms with E-state index in [0.29, 0.717) is 29.4 Å². The summed E-state index contributed by atoms with van der Waals surface area (Å²) in [6.07, 6.45) is -4.49. The van der Waals surface area contributed by atoms with Crippen molar-refractivity contribution in [2.45, 2.75) is 32.9 Å². The van der Waals surface area contributed by atoms with Crippen molar-refractivity contribution < 1.29 is 13.2 Å². The van der Waals surface area contributed by atoms with Gasteiger partial charge in [0.15, 0.2) is 0 Å². The summed E-state index contributed by atoms with van der Waals surface area (Å²) >= 11 is 0. The molecule has 0 spiro atoms. The number of nitrogens with one attached hydrogen (secondary N) is 1. The Hall–Kier alpha value is -1.57. The lowest BCUT2D eigenvalue weighted by atomic mass is 10.2. The Labute approximate surface area is 110 Å². The molecule has 0 amide bonds. The monoisotopic (exact) mass is 277 g/mol. The second-order valence-electron chi connectivity index (χ2n) is 4.22. The summed E-state index contributed by atoms with van der Waals surface area (Å²) in [5.41, 5.74) is 3.07. The first-order chi connectivity index (χ1) is 8.78. The molecule has 0 saturated carbocycles. The van der Waals surface area contributed by atoms with Gasteiger partial charge in [-0.3, -0.25) is 0 Å². The third-order valence-electron chi connectivity index (χ3n) is 2.71. The first kappa shape index (κ1) is 15.5. The van der Waals surface area contributed by atoms with Gasteiger partial charge in [0, 0.05) is 25.6 Å². The van der Waals surface area contributed by atoms with Gasteiger partial charge in [-0.1, -0.05) is 6.92 Å². The van der Waals surface area contributed by atoms with Gasteiger partial charge in [0.25, 0.3) is 0 Å². The van der Waals surface area contributed by atoms with Gasteiger partial charge in [0.05, 0.1) is 6.42 Å². The number of aryl methyl sites for hydroxylation is 1. The fourth-order valence-corrected chi connectivity index (χ4v) is 1.62. The van der Waals surface area contributed by atoms with E-state index >= 15 is 0 Å². The molecule has 0 saturated heterocycles. The van der Waals surface area contributed by atoms with E-state index < -0.39 is 12.6 Å². The lowest BCUT2D eigenvalue weighted by Crippen LogP contribution is -2.26. The van der Waals surface area contributed by atoms with E-state index in [0.717, 1.165) is 0 Å². The number of anilines is 2. The van der Waals surface area contributed by atoms with Crippen LogP contribution in [0.4, 0.5) is 24.8 Å². The molecule has 0 aliphatic heterocycles. The van der Waals surface area contributed by atoms with Crippen LogP contribution in [0.3, 0.4) is 0 Å². The molecule has 19 heavy (non-hydrogen) atoms. The Morgan fingerprint density at radius 2 is 1.95 bits per heavy atom. The highest BCUT2D eigenvalue weighted by Gasteiger charge is 2.27. The summed E-state index contributed by atoms with van der Waals surface area (Å²) < 4.78 is 36.7. The summed E-state index contributed by atoms with van der Waals surface area (Å²) in [4.78, 5) is 9.88. The summed E-state index contributed by atoms with van der Waals surface area (Å²) in [7, 11) is 1.57. The van der Waals surface area contributed by atoms with Crippen LogP contribution in [-0.4, -0.2) is 29.7 Å². The Kier molecular flexibility index (Phi) is 4.93. The fourth-order valence-electron chi connectivity index (χ4n) is 1.62. The average Bonchev–Trinajstić information content (AvgIpc) is 2.35. The number of nitrogens with zero attached hydrogens (tertiary/aromatic N) is 3. The molecular formula is C11H18F3N5. The fraction of sp³-hybridized carbons (Fsp3) is 0.636. The van der Waals surface area contributed by atoms with Crippen molar-refractivity contribution in [3.05, 3.63) is 11.4 Å². The molecule has 5 nitrogen and oxygen atoms in total. The minimum absolute atomic E-state index is 0.158. The third kappa shape index (κ3) is 4.23. The second kappa shape index (κ2) is 6.05. The van der Waals surface area contributed by atoms with E-state index in [1.54, 1.807) is 14.0 Å². The number of halogens is 3. The second-order valence-corrected chi connectivity index (χ2v) is 4.22. The molecule has 0 aliphatic rings.